The SMILES string of the molecule is C.CSCC[C@H](NC(=O)c1ccc(CN(C(C)C)[C@@H](COCCC(C)C)CC2CCCCC2)cc1-c1ccccc1C)C(=O)O. The van der Waals surface area contributed by atoms with Crippen molar-refractivity contribution >= 4 is 23.6 Å². The van der Waals surface area contributed by atoms with Gasteiger partial charge in [-0.05, 0) is 98.3 Å². The lowest BCUT2D eigenvalue weighted by atomic mass is 9.84. The lowest BCUT2D eigenvalue weighted by molar-refractivity contribution is -0.139. The van der Waals surface area contributed by atoms with E-state index in [9.17, 15) is 14.7 Å². The first-order valence-corrected chi connectivity index (χ1v) is 18.0. The first-order chi connectivity index (χ1) is 21.1. The zero-order valence-electron chi connectivity index (χ0n) is 27.9. The number of nitrogens with one attached hydrogen (secondary N) is 1. The van der Waals surface area contributed by atoms with Gasteiger partial charge in [-0.2, -0.15) is 11.8 Å². The first-order valence-electron chi connectivity index (χ1n) is 16.7. The van der Waals surface area contributed by atoms with Crippen LogP contribution in [-0.4, -0.2) is 65.2 Å². The van der Waals surface area contributed by atoms with Crippen LogP contribution in [0.25, 0.3) is 11.1 Å². The van der Waals surface area contributed by atoms with Crippen LogP contribution in [0.1, 0.15) is 108 Å². The fraction of sp³-hybridized carbons (Fsp3) is 0.632. The molecular weight excluding hydrogens is 580 g/mol. The molecule has 2 N–H and O–H groups in total. The number of hydrogen-bond donors (Lipinski definition) is 2. The lowest BCUT2D eigenvalue weighted by Crippen LogP contribution is -2.44. The standard InChI is InChI=1S/C37H56N2O4S.CH4/c1-26(2)18-20-43-25-31(22-29-13-8-7-9-14-29)39(27(3)4)24-30-16-17-33(34(23-30)32-15-11-10-12-28(32)5)36(40)38-35(37(41)42)19-21-44-6;/h10-12,15-17,23,26-27,29,31,35H,7-9,13-14,18-22,24-25H2,1-6H3,(H,38,40)(H,41,42);1H4/t31-,35+;/m1./s1. The van der Waals surface area contributed by atoms with Gasteiger partial charge in [0.05, 0.1) is 6.61 Å². The molecule has 0 radical (unpaired) electrons. The molecule has 2 aromatic carbocycles. The van der Waals surface area contributed by atoms with Gasteiger partial charge in [-0.1, -0.05) is 83.7 Å². The number of benzene rings is 2. The second-order valence-corrected chi connectivity index (χ2v) is 14.2. The zero-order valence-corrected chi connectivity index (χ0v) is 28.8. The molecule has 0 heterocycles. The van der Waals surface area contributed by atoms with E-state index in [-0.39, 0.29) is 13.3 Å². The van der Waals surface area contributed by atoms with E-state index >= 15 is 0 Å². The summed E-state index contributed by atoms with van der Waals surface area (Å²) in [6.07, 6.45) is 11.2. The number of nitrogens with zero attached hydrogens (tertiary/aromatic N) is 1. The van der Waals surface area contributed by atoms with Crippen molar-refractivity contribution in [2.75, 3.05) is 25.2 Å². The van der Waals surface area contributed by atoms with Crippen LogP contribution in [0.4, 0.5) is 0 Å². The molecule has 0 aromatic heterocycles. The Kier molecular flexibility index (Phi) is 17.3. The Morgan fingerprint density at radius 2 is 1.73 bits per heavy atom. The Hall–Kier alpha value is -2.35. The second kappa shape index (κ2) is 20.0. The monoisotopic (exact) mass is 640 g/mol. The number of carboxylic acid groups (broad SMARTS) is 1. The first kappa shape index (κ1) is 38.8. The number of carbonyl (C=O) groups excluding carboxylic acids is 1. The minimum Gasteiger partial charge on any atom is -0.480 e. The molecule has 45 heavy (non-hydrogen) atoms. The van der Waals surface area contributed by atoms with Crippen LogP contribution in [0.2, 0.25) is 0 Å². The van der Waals surface area contributed by atoms with E-state index < -0.39 is 12.0 Å². The Morgan fingerprint density at radius 3 is 2.36 bits per heavy atom. The fourth-order valence-electron chi connectivity index (χ4n) is 6.30. The average Bonchev–Trinajstić information content (AvgIpc) is 2.99. The molecule has 0 bridgehead atoms. The van der Waals surface area contributed by atoms with Gasteiger partial charge in [-0.15, -0.1) is 0 Å². The van der Waals surface area contributed by atoms with Gasteiger partial charge in [-0.3, -0.25) is 9.69 Å². The predicted octanol–water partition coefficient (Wildman–Crippen LogP) is 8.85. The Morgan fingerprint density at radius 1 is 1.02 bits per heavy atom. The van der Waals surface area contributed by atoms with E-state index in [4.69, 9.17) is 4.74 Å². The van der Waals surface area contributed by atoms with Crippen molar-refractivity contribution in [3.63, 3.8) is 0 Å². The van der Waals surface area contributed by atoms with Crippen molar-refractivity contribution in [1.82, 2.24) is 10.2 Å². The highest BCUT2D eigenvalue weighted by Crippen LogP contribution is 2.32. The quantitative estimate of drug-likeness (QED) is 0.159. The molecule has 2 aromatic rings. The maximum Gasteiger partial charge on any atom is 0.326 e. The van der Waals surface area contributed by atoms with Crippen molar-refractivity contribution in [2.45, 2.75) is 118 Å². The summed E-state index contributed by atoms with van der Waals surface area (Å²) in [7, 11) is 0. The number of amides is 1. The van der Waals surface area contributed by atoms with Crippen LogP contribution < -0.4 is 5.32 Å². The summed E-state index contributed by atoms with van der Waals surface area (Å²) in [6.45, 7) is 13.4. The van der Waals surface area contributed by atoms with Crippen LogP contribution >= 0.6 is 11.8 Å². The summed E-state index contributed by atoms with van der Waals surface area (Å²) in [6, 6.07) is 13.9. The minimum atomic E-state index is -1.01. The second-order valence-electron chi connectivity index (χ2n) is 13.3. The maximum atomic E-state index is 13.6. The maximum absolute atomic E-state index is 13.6. The van der Waals surface area contributed by atoms with E-state index in [2.05, 4.69) is 57.0 Å². The molecule has 7 heteroatoms. The summed E-state index contributed by atoms with van der Waals surface area (Å²) in [4.78, 5) is 28.1. The van der Waals surface area contributed by atoms with Crippen LogP contribution in [0.3, 0.4) is 0 Å². The van der Waals surface area contributed by atoms with E-state index in [1.54, 1.807) is 11.8 Å². The summed E-state index contributed by atoms with van der Waals surface area (Å²) in [5.74, 6) is 0.673. The van der Waals surface area contributed by atoms with Crippen molar-refractivity contribution < 1.29 is 19.4 Å². The van der Waals surface area contributed by atoms with Crippen molar-refractivity contribution in [2.24, 2.45) is 11.8 Å². The summed E-state index contributed by atoms with van der Waals surface area (Å²) in [5, 5.41) is 12.6. The molecule has 3 rings (SSSR count). The summed E-state index contributed by atoms with van der Waals surface area (Å²) >= 11 is 1.57. The third kappa shape index (κ3) is 12.4. The number of rotatable bonds is 18. The average molecular weight is 641 g/mol. The number of carbonyl (C=O) groups is 2. The van der Waals surface area contributed by atoms with Gasteiger partial charge < -0.3 is 15.2 Å². The normalized spacial score (nSPS) is 15.2. The third-order valence-corrected chi connectivity index (χ3v) is 9.60. The molecule has 1 aliphatic rings. The van der Waals surface area contributed by atoms with E-state index in [0.717, 1.165) is 60.8 Å². The van der Waals surface area contributed by atoms with Gasteiger partial charge in [0, 0.05) is 30.8 Å². The topological polar surface area (TPSA) is 78.9 Å². The van der Waals surface area contributed by atoms with Gasteiger partial charge in [-0.25, -0.2) is 4.79 Å². The number of thioether (sulfide) groups is 1. The minimum absolute atomic E-state index is 0. The van der Waals surface area contributed by atoms with Gasteiger partial charge in [0.1, 0.15) is 6.04 Å². The smallest absolute Gasteiger partial charge is 0.326 e. The molecule has 1 fully saturated rings. The van der Waals surface area contributed by atoms with Crippen LogP contribution in [0.5, 0.6) is 0 Å². The molecule has 6 nitrogen and oxygen atoms in total. The van der Waals surface area contributed by atoms with Gasteiger partial charge in [0.2, 0.25) is 0 Å². The lowest BCUT2D eigenvalue weighted by Gasteiger charge is -2.38. The van der Waals surface area contributed by atoms with Crippen molar-refractivity contribution in [3.05, 3.63) is 59.2 Å². The zero-order chi connectivity index (χ0) is 32.1. The van der Waals surface area contributed by atoms with Crippen molar-refractivity contribution in [3.8, 4) is 11.1 Å². The Labute approximate surface area is 278 Å². The van der Waals surface area contributed by atoms with Gasteiger partial charge in [0.25, 0.3) is 5.91 Å². The fourth-order valence-corrected chi connectivity index (χ4v) is 6.78. The number of ether oxygens (including phenoxy) is 1. The largest absolute Gasteiger partial charge is 0.480 e. The third-order valence-electron chi connectivity index (χ3n) is 8.96. The van der Waals surface area contributed by atoms with Gasteiger partial charge in [0.15, 0.2) is 0 Å². The molecule has 1 aliphatic carbocycles. The van der Waals surface area contributed by atoms with E-state index in [1.165, 1.54) is 32.1 Å². The molecule has 0 aliphatic heterocycles. The predicted molar refractivity (Wildman–Crippen MR) is 191 cm³/mol. The number of aryl methyl sites for hydroxylation is 1. The molecule has 1 amide bonds. The van der Waals surface area contributed by atoms with Crippen LogP contribution in [0.15, 0.2) is 42.5 Å². The highest BCUT2D eigenvalue weighted by molar-refractivity contribution is 7.98. The number of aliphatic carboxylic acids is 1. The van der Waals surface area contributed by atoms with Crippen LogP contribution in [-0.2, 0) is 16.1 Å². The Bertz CT molecular complexity index is 1180. The summed E-state index contributed by atoms with van der Waals surface area (Å²) < 4.78 is 6.32. The van der Waals surface area contributed by atoms with Gasteiger partial charge >= 0.3 is 5.97 Å². The van der Waals surface area contributed by atoms with E-state index in [0.29, 0.717) is 35.7 Å². The van der Waals surface area contributed by atoms with Crippen molar-refractivity contribution in [1.29, 1.82) is 0 Å². The molecular formula is C38H60N2O4S. The Balaban J connectivity index is 0.00000705. The highest BCUT2D eigenvalue weighted by Gasteiger charge is 2.28. The van der Waals surface area contributed by atoms with E-state index in [1.807, 2.05) is 36.6 Å². The molecule has 0 saturated heterocycles. The number of hydrogen-bond acceptors (Lipinski definition) is 5. The van der Waals surface area contributed by atoms with Crippen LogP contribution in [0, 0.1) is 18.8 Å². The molecule has 2 atom stereocenters. The highest BCUT2D eigenvalue weighted by atomic mass is 32.2. The molecule has 1 saturated carbocycles. The molecule has 252 valence electrons. The molecule has 0 unspecified atom stereocenters. The number of carboxylic acids is 1. The summed E-state index contributed by atoms with van der Waals surface area (Å²) in [5.41, 5.74) is 4.55. The molecule has 0 spiro atoms.